The fourth-order valence-corrected chi connectivity index (χ4v) is 5.45. The molecule has 2 aromatic rings. The summed E-state index contributed by atoms with van der Waals surface area (Å²) < 4.78 is 0. The van der Waals surface area contributed by atoms with Crippen LogP contribution >= 0.6 is 12.4 Å². The number of carbonyl (C=O) groups is 3. The minimum atomic E-state index is -0.883. The van der Waals surface area contributed by atoms with Gasteiger partial charge < -0.3 is 10.0 Å². The molecule has 1 amide bonds. The quantitative estimate of drug-likeness (QED) is 0.532. The molecule has 0 saturated carbocycles. The van der Waals surface area contributed by atoms with Crippen molar-refractivity contribution in [1.29, 1.82) is 0 Å². The predicted octanol–water partition coefficient (Wildman–Crippen LogP) is 4.94. The Morgan fingerprint density at radius 2 is 1.67 bits per heavy atom. The number of likely N-dealkylation sites (tertiary alicyclic amines) is 1. The first-order valence-electron chi connectivity index (χ1n) is 12.8. The third kappa shape index (κ3) is 6.74. The summed E-state index contributed by atoms with van der Waals surface area (Å²) >= 11 is 0. The molecule has 0 atom stereocenters. The molecule has 4 rings (SSSR count). The van der Waals surface area contributed by atoms with Gasteiger partial charge in [0.25, 0.3) is 0 Å². The van der Waals surface area contributed by atoms with Crippen molar-refractivity contribution in [2.75, 3.05) is 26.2 Å². The number of benzene rings is 2. The lowest BCUT2D eigenvalue weighted by molar-refractivity contribution is -0.130. The average Bonchev–Trinajstić information content (AvgIpc) is 3.05. The van der Waals surface area contributed by atoms with Gasteiger partial charge in [0.15, 0.2) is 5.78 Å². The van der Waals surface area contributed by atoms with Crippen molar-refractivity contribution < 1.29 is 19.5 Å². The number of carboxylic acid groups (broad SMARTS) is 1. The highest BCUT2D eigenvalue weighted by Crippen LogP contribution is 2.25. The maximum Gasteiger partial charge on any atom is 0.335 e. The lowest BCUT2D eigenvalue weighted by atomic mass is 9.89. The Bertz CT molecular complexity index is 1110. The second-order valence-electron chi connectivity index (χ2n) is 10.1. The maximum atomic E-state index is 12.9. The van der Waals surface area contributed by atoms with E-state index in [1.165, 1.54) is 11.1 Å². The van der Waals surface area contributed by atoms with Crippen molar-refractivity contribution in [2.24, 2.45) is 5.92 Å². The van der Waals surface area contributed by atoms with Gasteiger partial charge in [-0.3, -0.25) is 14.5 Å². The van der Waals surface area contributed by atoms with Crippen LogP contribution in [0.3, 0.4) is 0 Å². The van der Waals surface area contributed by atoms with Crippen molar-refractivity contribution >= 4 is 30.1 Å². The van der Waals surface area contributed by atoms with Gasteiger partial charge in [0.05, 0.1) is 5.56 Å². The summed E-state index contributed by atoms with van der Waals surface area (Å²) in [6, 6.07) is 11.7. The van der Waals surface area contributed by atoms with Gasteiger partial charge in [0.2, 0.25) is 5.91 Å². The molecule has 1 N–H and O–H groups in total. The van der Waals surface area contributed by atoms with Crippen LogP contribution in [0.5, 0.6) is 0 Å². The molecule has 0 spiro atoms. The normalized spacial score (nSPS) is 16.6. The smallest absolute Gasteiger partial charge is 0.335 e. The van der Waals surface area contributed by atoms with E-state index in [2.05, 4.69) is 17.0 Å². The molecule has 2 aliphatic rings. The summed E-state index contributed by atoms with van der Waals surface area (Å²) in [5.41, 5.74) is 5.62. The zero-order valence-corrected chi connectivity index (χ0v) is 22.1. The van der Waals surface area contributed by atoms with Crippen molar-refractivity contribution in [2.45, 2.75) is 58.9 Å². The lowest BCUT2D eigenvalue weighted by Crippen LogP contribution is -2.37. The summed E-state index contributed by atoms with van der Waals surface area (Å²) in [6.07, 6.45) is 5.25. The van der Waals surface area contributed by atoms with E-state index in [1.54, 1.807) is 13.0 Å². The van der Waals surface area contributed by atoms with Crippen LogP contribution in [0.4, 0.5) is 0 Å². The number of carboxylic acids is 1. The standard InChI is InChI=1S/C29H36N2O4.ClH/c1-20-26(4-3-5-27(20)29(34)35)19-30-14-12-23-7-8-25(18-24(23)13-15-30)28(33)9-6-22-10-16-31(17-11-22)21(2)32;/h3-5,7-8,18,22H,6,9-17,19H2,1-2H3,(H,34,35);1H. The molecule has 36 heavy (non-hydrogen) atoms. The predicted molar refractivity (Wildman–Crippen MR) is 143 cm³/mol. The molecule has 0 unspecified atom stereocenters. The van der Waals surface area contributed by atoms with Gasteiger partial charge in [-0.25, -0.2) is 4.79 Å². The molecule has 2 aliphatic heterocycles. The lowest BCUT2D eigenvalue weighted by Gasteiger charge is -2.31. The fourth-order valence-electron chi connectivity index (χ4n) is 5.45. The molecule has 6 nitrogen and oxygen atoms in total. The van der Waals surface area contributed by atoms with E-state index in [0.29, 0.717) is 17.9 Å². The number of amides is 1. The Hall–Kier alpha value is -2.70. The van der Waals surface area contributed by atoms with Crippen LogP contribution in [0.1, 0.15) is 75.6 Å². The Morgan fingerprint density at radius 3 is 2.33 bits per heavy atom. The van der Waals surface area contributed by atoms with Crippen LogP contribution in [0.25, 0.3) is 0 Å². The topological polar surface area (TPSA) is 77.9 Å². The highest BCUT2D eigenvalue weighted by molar-refractivity contribution is 5.96. The van der Waals surface area contributed by atoms with E-state index >= 15 is 0 Å². The molecule has 7 heteroatoms. The number of rotatable bonds is 7. The zero-order valence-electron chi connectivity index (χ0n) is 21.3. The highest BCUT2D eigenvalue weighted by Gasteiger charge is 2.22. The van der Waals surface area contributed by atoms with Crippen molar-refractivity contribution in [3.8, 4) is 0 Å². The van der Waals surface area contributed by atoms with Gasteiger partial charge in [-0.15, -0.1) is 12.4 Å². The number of Topliss-reactive ketones (excluding diaryl/α,β-unsaturated/α-hetero) is 1. The molecule has 0 radical (unpaired) electrons. The number of hydrogen-bond donors (Lipinski definition) is 1. The average molecular weight is 513 g/mol. The number of fused-ring (bicyclic) bond motifs is 1. The first kappa shape index (κ1) is 27.9. The van der Waals surface area contributed by atoms with Crippen LogP contribution in [-0.2, 0) is 24.2 Å². The van der Waals surface area contributed by atoms with E-state index in [9.17, 15) is 19.5 Å². The van der Waals surface area contributed by atoms with E-state index in [1.807, 2.05) is 30.0 Å². The largest absolute Gasteiger partial charge is 0.478 e. The molecule has 0 aliphatic carbocycles. The Morgan fingerprint density at radius 1 is 0.972 bits per heavy atom. The number of halogens is 1. The van der Waals surface area contributed by atoms with Gasteiger partial charge >= 0.3 is 5.97 Å². The van der Waals surface area contributed by atoms with Crippen LogP contribution in [0.15, 0.2) is 36.4 Å². The van der Waals surface area contributed by atoms with E-state index < -0.39 is 5.97 Å². The molecule has 1 saturated heterocycles. The number of ketones is 1. The number of aromatic carboxylic acids is 1. The Balaban J connectivity index is 0.00000361. The van der Waals surface area contributed by atoms with Crippen LogP contribution in [0.2, 0.25) is 0 Å². The molecule has 2 heterocycles. The number of carbonyl (C=O) groups excluding carboxylic acids is 2. The summed E-state index contributed by atoms with van der Waals surface area (Å²) in [6.45, 7) is 7.66. The summed E-state index contributed by atoms with van der Waals surface area (Å²) in [5, 5.41) is 9.42. The van der Waals surface area contributed by atoms with Crippen molar-refractivity contribution in [3.05, 3.63) is 69.8 Å². The number of nitrogens with zero attached hydrogens (tertiary/aromatic N) is 2. The van der Waals surface area contributed by atoms with Gasteiger partial charge in [-0.2, -0.15) is 0 Å². The van der Waals surface area contributed by atoms with Gasteiger partial charge in [0, 0.05) is 51.6 Å². The third-order valence-corrected chi connectivity index (χ3v) is 7.83. The van der Waals surface area contributed by atoms with Crippen molar-refractivity contribution in [1.82, 2.24) is 9.80 Å². The van der Waals surface area contributed by atoms with Crippen LogP contribution in [-0.4, -0.2) is 58.7 Å². The minimum Gasteiger partial charge on any atom is -0.478 e. The summed E-state index contributed by atoms with van der Waals surface area (Å²) in [7, 11) is 0. The molecular weight excluding hydrogens is 476 g/mol. The first-order chi connectivity index (χ1) is 16.8. The van der Waals surface area contributed by atoms with Crippen molar-refractivity contribution in [3.63, 3.8) is 0 Å². The third-order valence-electron chi connectivity index (χ3n) is 7.83. The van der Waals surface area contributed by atoms with Crippen LogP contribution in [0, 0.1) is 12.8 Å². The van der Waals surface area contributed by atoms with Crippen LogP contribution < -0.4 is 0 Å². The number of piperidine rings is 1. The van der Waals surface area contributed by atoms with E-state index in [4.69, 9.17) is 0 Å². The van der Waals surface area contributed by atoms with Gasteiger partial charge in [0.1, 0.15) is 0 Å². The van der Waals surface area contributed by atoms with Gasteiger partial charge in [-0.05, 0) is 79.3 Å². The van der Waals surface area contributed by atoms with E-state index in [0.717, 1.165) is 81.5 Å². The minimum absolute atomic E-state index is 0. The molecule has 1 fully saturated rings. The Kier molecular flexibility index (Phi) is 9.69. The molecule has 194 valence electrons. The summed E-state index contributed by atoms with van der Waals surface area (Å²) in [4.78, 5) is 40.2. The number of hydrogen-bond acceptors (Lipinski definition) is 4. The Labute approximate surface area is 220 Å². The van der Waals surface area contributed by atoms with E-state index in [-0.39, 0.29) is 24.1 Å². The SMILES string of the molecule is CC(=O)N1CCC(CCC(=O)c2ccc3c(c2)CCN(Cc2cccc(C(=O)O)c2C)CC3)CC1.Cl. The second kappa shape index (κ2) is 12.5. The fraction of sp³-hybridized carbons (Fsp3) is 0.483. The second-order valence-corrected chi connectivity index (χ2v) is 10.1. The molecule has 0 bridgehead atoms. The van der Waals surface area contributed by atoms with Gasteiger partial charge in [-0.1, -0.05) is 24.3 Å². The maximum absolute atomic E-state index is 12.9. The highest BCUT2D eigenvalue weighted by atomic mass is 35.5. The monoisotopic (exact) mass is 512 g/mol. The molecule has 2 aromatic carbocycles. The first-order valence-corrected chi connectivity index (χ1v) is 12.8. The zero-order chi connectivity index (χ0) is 24.9. The molecular formula is C29H37ClN2O4. The molecule has 0 aromatic heterocycles. The summed E-state index contributed by atoms with van der Waals surface area (Å²) in [5.74, 6) is -0.00523.